The Morgan fingerprint density at radius 2 is 2.06 bits per heavy atom. The lowest BCUT2D eigenvalue weighted by Crippen LogP contribution is -2.25. The van der Waals surface area contributed by atoms with E-state index in [1.807, 2.05) is 0 Å². The van der Waals surface area contributed by atoms with Gasteiger partial charge in [-0.1, -0.05) is 23.9 Å². The number of thioether (sulfide) groups is 1. The van der Waals surface area contributed by atoms with E-state index in [0.29, 0.717) is 22.3 Å². The highest BCUT2D eigenvalue weighted by atomic mass is 32.2. The lowest BCUT2D eigenvalue weighted by Gasteiger charge is -2.14. The molecule has 0 saturated carbocycles. The first-order valence-corrected chi connectivity index (χ1v) is 5.42. The maximum Gasteiger partial charge on any atom is 0.325 e. The van der Waals surface area contributed by atoms with Crippen molar-refractivity contribution in [3.8, 4) is 0 Å². The van der Waals surface area contributed by atoms with Gasteiger partial charge in [0.1, 0.15) is 6.04 Å². The molecule has 0 aliphatic heterocycles. The Labute approximate surface area is 95.9 Å². The van der Waals surface area contributed by atoms with Gasteiger partial charge < -0.3 is 10.4 Å². The Morgan fingerprint density at radius 1 is 1.44 bits per heavy atom. The largest absolute Gasteiger partial charge is 0.480 e. The number of para-hydroxylation sites is 1. The minimum atomic E-state index is -2.52. The standard InChI is InChI=1S/C10H11F2NO2S/c1-6(9(14)15)13-7-4-2-3-5-8(7)16-10(11)12/h2-6,10,13H,1H3,(H,14,15). The molecule has 0 saturated heterocycles. The van der Waals surface area contributed by atoms with Gasteiger partial charge in [0.2, 0.25) is 0 Å². The number of hydrogen-bond acceptors (Lipinski definition) is 3. The summed E-state index contributed by atoms with van der Waals surface area (Å²) >= 11 is 0.390. The second-order valence-corrected chi connectivity index (χ2v) is 4.11. The van der Waals surface area contributed by atoms with Crippen molar-refractivity contribution in [1.82, 2.24) is 0 Å². The van der Waals surface area contributed by atoms with E-state index in [1.165, 1.54) is 13.0 Å². The number of benzene rings is 1. The molecule has 0 fully saturated rings. The third-order valence-electron chi connectivity index (χ3n) is 1.85. The molecule has 1 unspecified atom stereocenters. The van der Waals surface area contributed by atoms with Crippen molar-refractivity contribution in [2.45, 2.75) is 23.6 Å². The summed E-state index contributed by atoms with van der Waals surface area (Å²) < 4.78 is 24.4. The quantitative estimate of drug-likeness (QED) is 0.785. The number of anilines is 1. The Balaban J connectivity index is 2.82. The third kappa shape index (κ3) is 3.69. The van der Waals surface area contributed by atoms with Gasteiger partial charge in [0, 0.05) is 10.6 Å². The normalized spacial score (nSPS) is 12.5. The lowest BCUT2D eigenvalue weighted by molar-refractivity contribution is -0.137. The fourth-order valence-electron chi connectivity index (χ4n) is 1.08. The SMILES string of the molecule is CC(Nc1ccccc1SC(F)F)C(=O)O. The summed E-state index contributed by atoms with van der Waals surface area (Å²) in [7, 11) is 0. The number of carboxylic acids is 1. The predicted octanol–water partition coefficient (Wildman–Crippen LogP) is 2.89. The minimum absolute atomic E-state index is 0.339. The number of aliphatic carboxylic acids is 1. The Bertz CT molecular complexity index is 374. The maximum atomic E-state index is 12.2. The number of hydrogen-bond donors (Lipinski definition) is 2. The molecule has 0 radical (unpaired) electrons. The molecular weight excluding hydrogens is 236 g/mol. The predicted molar refractivity (Wildman–Crippen MR) is 59.0 cm³/mol. The van der Waals surface area contributed by atoms with Gasteiger partial charge in [0.15, 0.2) is 0 Å². The zero-order valence-electron chi connectivity index (χ0n) is 8.48. The van der Waals surface area contributed by atoms with Crippen molar-refractivity contribution < 1.29 is 18.7 Å². The van der Waals surface area contributed by atoms with E-state index in [-0.39, 0.29) is 0 Å². The molecule has 0 aliphatic carbocycles. The van der Waals surface area contributed by atoms with Gasteiger partial charge in [-0.25, -0.2) is 0 Å². The van der Waals surface area contributed by atoms with E-state index < -0.39 is 17.8 Å². The number of nitrogens with one attached hydrogen (secondary N) is 1. The first-order chi connectivity index (χ1) is 7.50. The van der Waals surface area contributed by atoms with Crippen molar-refractivity contribution in [2.75, 3.05) is 5.32 Å². The van der Waals surface area contributed by atoms with Gasteiger partial charge in [0.05, 0.1) is 0 Å². The molecule has 0 heterocycles. The van der Waals surface area contributed by atoms with E-state index >= 15 is 0 Å². The topological polar surface area (TPSA) is 49.3 Å². The lowest BCUT2D eigenvalue weighted by atomic mass is 10.2. The Hall–Kier alpha value is -1.30. The molecule has 0 spiro atoms. The molecule has 88 valence electrons. The van der Waals surface area contributed by atoms with Crippen LogP contribution < -0.4 is 5.32 Å². The van der Waals surface area contributed by atoms with Crippen LogP contribution in [0.1, 0.15) is 6.92 Å². The van der Waals surface area contributed by atoms with Crippen molar-refractivity contribution >= 4 is 23.4 Å². The molecule has 16 heavy (non-hydrogen) atoms. The second kappa shape index (κ2) is 5.69. The Morgan fingerprint density at radius 3 is 2.62 bits per heavy atom. The monoisotopic (exact) mass is 247 g/mol. The zero-order valence-corrected chi connectivity index (χ0v) is 9.30. The van der Waals surface area contributed by atoms with E-state index in [9.17, 15) is 13.6 Å². The van der Waals surface area contributed by atoms with E-state index in [2.05, 4.69) is 5.32 Å². The van der Waals surface area contributed by atoms with Crippen LogP contribution in [-0.2, 0) is 4.79 Å². The summed E-state index contributed by atoms with van der Waals surface area (Å²) in [6, 6.07) is 5.56. The molecule has 0 aliphatic rings. The van der Waals surface area contributed by atoms with E-state index in [4.69, 9.17) is 5.11 Å². The molecule has 0 amide bonds. The first kappa shape index (κ1) is 12.8. The fraction of sp³-hybridized carbons (Fsp3) is 0.300. The molecule has 0 bridgehead atoms. The maximum absolute atomic E-state index is 12.2. The van der Waals surface area contributed by atoms with Crippen LogP contribution in [0.3, 0.4) is 0 Å². The molecule has 0 aromatic heterocycles. The van der Waals surface area contributed by atoms with Crippen molar-refractivity contribution in [2.24, 2.45) is 0 Å². The van der Waals surface area contributed by atoms with Crippen LogP contribution in [0.2, 0.25) is 0 Å². The number of alkyl halides is 2. The number of halogens is 2. The van der Waals surface area contributed by atoms with Gasteiger partial charge >= 0.3 is 5.97 Å². The summed E-state index contributed by atoms with van der Waals surface area (Å²) in [5.74, 6) is -3.56. The Kier molecular flexibility index (Phi) is 4.54. The highest BCUT2D eigenvalue weighted by Gasteiger charge is 2.14. The van der Waals surface area contributed by atoms with Crippen LogP contribution in [0.15, 0.2) is 29.2 Å². The van der Waals surface area contributed by atoms with Crippen molar-refractivity contribution in [1.29, 1.82) is 0 Å². The molecule has 3 nitrogen and oxygen atoms in total. The molecule has 1 rings (SSSR count). The van der Waals surface area contributed by atoms with Crippen LogP contribution in [0.4, 0.5) is 14.5 Å². The number of carbonyl (C=O) groups is 1. The van der Waals surface area contributed by atoms with Gasteiger partial charge in [-0.3, -0.25) is 4.79 Å². The zero-order chi connectivity index (χ0) is 12.1. The highest BCUT2D eigenvalue weighted by molar-refractivity contribution is 7.99. The van der Waals surface area contributed by atoms with Crippen molar-refractivity contribution in [3.63, 3.8) is 0 Å². The fourth-order valence-corrected chi connectivity index (χ4v) is 1.68. The summed E-state index contributed by atoms with van der Waals surface area (Å²) in [6.45, 7) is 1.45. The number of carboxylic acid groups (broad SMARTS) is 1. The van der Waals surface area contributed by atoms with Crippen molar-refractivity contribution in [3.05, 3.63) is 24.3 Å². The molecule has 6 heteroatoms. The summed E-state index contributed by atoms with van der Waals surface area (Å²) in [5, 5.41) is 11.4. The van der Waals surface area contributed by atoms with Crippen LogP contribution in [0.5, 0.6) is 0 Å². The summed E-state index contributed by atoms with van der Waals surface area (Å²) in [6.07, 6.45) is 0. The summed E-state index contributed by atoms with van der Waals surface area (Å²) in [4.78, 5) is 11.0. The summed E-state index contributed by atoms with van der Waals surface area (Å²) in [5.41, 5.74) is 0.405. The molecule has 2 N–H and O–H groups in total. The molecular formula is C10H11F2NO2S. The second-order valence-electron chi connectivity index (χ2n) is 3.08. The van der Waals surface area contributed by atoms with Gasteiger partial charge in [-0.05, 0) is 19.1 Å². The number of rotatable bonds is 5. The van der Waals surface area contributed by atoms with E-state index in [1.54, 1.807) is 18.2 Å². The van der Waals surface area contributed by atoms with Gasteiger partial charge in [-0.2, -0.15) is 8.78 Å². The average Bonchev–Trinajstić information content (AvgIpc) is 2.20. The first-order valence-electron chi connectivity index (χ1n) is 4.54. The van der Waals surface area contributed by atoms with Crippen LogP contribution >= 0.6 is 11.8 Å². The van der Waals surface area contributed by atoms with Gasteiger partial charge in [-0.15, -0.1) is 0 Å². The smallest absolute Gasteiger partial charge is 0.325 e. The van der Waals surface area contributed by atoms with Crippen LogP contribution in [0, 0.1) is 0 Å². The molecule has 1 aromatic carbocycles. The van der Waals surface area contributed by atoms with E-state index in [0.717, 1.165) is 0 Å². The molecule has 1 aromatic rings. The highest BCUT2D eigenvalue weighted by Crippen LogP contribution is 2.31. The minimum Gasteiger partial charge on any atom is -0.480 e. The van der Waals surface area contributed by atoms with Gasteiger partial charge in [0.25, 0.3) is 5.76 Å². The average molecular weight is 247 g/mol. The third-order valence-corrected chi connectivity index (χ3v) is 2.63. The van der Waals surface area contributed by atoms with Crippen LogP contribution in [-0.4, -0.2) is 22.9 Å². The van der Waals surface area contributed by atoms with Crippen LogP contribution in [0.25, 0.3) is 0 Å². The molecule has 1 atom stereocenters.